The van der Waals surface area contributed by atoms with Crippen molar-refractivity contribution >= 4 is 11.9 Å². The molecule has 0 saturated carbocycles. The molecular formula is C17H25F3N4O3. The van der Waals surface area contributed by atoms with Gasteiger partial charge in [0.25, 0.3) is 5.91 Å². The molecule has 1 aromatic rings. The molecule has 0 aliphatic carbocycles. The molecule has 10 heteroatoms. The van der Waals surface area contributed by atoms with Gasteiger partial charge < -0.3 is 25.4 Å². The molecule has 0 heterocycles. The highest BCUT2D eigenvalue weighted by Crippen LogP contribution is 2.28. The predicted molar refractivity (Wildman–Crippen MR) is 96.0 cm³/mol. The normalized spacial score (nSPS) is 11.7. The van der Waals surface area contributed by atoms with Crippen LogP contribution in [-0.4, -0.2) is 51.9 Å². The maximum Gasteiger partial charge on any atom is 0.390 e. The van der Waals surface area contributed by atoms with Crippen LogP contribution in [0, 0.1) is 0 Å². The fourth-order valence-corrected chi connectivity index (χ4v) is 2.06. The zero-order valence-corrected chi connectivity index (χ0v) is 15.6. The van der Waals surface area contributed by atoms with Crippen LogP contribution in [0.1, 0.15) is 18.9 Å². The molecule has 7 nitrogen and oxygen atoms in total. The van der Waals surface area contributed by atoms with E-state index < -0.39 is 12.6 Å². The number of nitrogens with one attached hydrogen (secondary N) is 3. The number of amides is 1. The average Bonchev–Trinajstić information content (AvgIpc) is 2.62. The second-order valence-corrected chi connectivity index (χ2v) is 5.45. The van der Waals surface area contributed by atoms with Gasteiger partial charge in [0.2, 0.25) is 0 Å². The quantitative estimate of drug-likeness (QED) is 0.443. The summed E-state index contributed by atoms with van der Waals surface area (Å²) >= 11 is 0. The molecule has 1 amide bonds. The van der Waals surface area contributed by atoms with Crippen molar-refractivity contribution in [1.82, 2.24) is 16.0 Å². The van der Waals surface area contributed by atoms with Crippen LogP contribution in [0.3, 0.4) is 0 Å². The molecule has 0 bridgehead atoms. The van der Waals surface area contributed by atoms with Gasteiger partial charge in [-0.3, -0.25) is 9.79 Å². The molecule has 0 aromatic heterocycles. The summed E-state index contributed by atoms with van der Waals surface area (Å²) in [4.78, 5) is 15.3. The molecule has 1 rings (SSSR count). The Morgan fingerprint density at radius 1 is 1.19 bits per heavy atom. The van der Waals surface area contributed by atoms with Gasteiger partial charge in [0, 0.05) is 26.7 Å². The number of methoxy groups -OCH3 is 1. The minimum atomic E-state index is -4.22. The van der Waals surface area contributed by atoms with Gasteiger partial charge in [-0.25, -0.2) is 0 Å². The Morgan fingerprint density at radius 3 is 2.52 bits per heavy atom. The summed E-state index contributed by atoms with van der Waals surface area (Å²) in [5, 5.41) is 8.14. The number of ether oxygens (including phenoxy) is 2. The van der Waals surface area contributed by atoms with Gasteiger partial charge in [-0.05, 0) is 24.6 Å². The molecule has 0 fully saturated rings. The topological polar surface area (TPSA) is 84.0 Å². The molecule has 152 valence electrons. The van der Waals surface area contributed by atoms with Gasteiger partial charge in [0.15, 0.2) is 24.1 Å². The molecule has 0 unspecified atom stereocenters. The van der Waals surface area contributed by atoms with Crippen LogP contribution in [0.4, 0.5) is 13.2 Å². The average molecular weight is 390 g/mol. The van der Waals surface area contributed by atoms with Crippen molar-refractivity contribution in [3.63, 3.8) is 0 Å². The Kier molecular flexibility index (Phi) is 9.24. The van der Waals surface area contributed by atoms with Crippen molar-refractivity contribution in [3.05, 3.63) is 23.8 Å². The highest BCUT2D eigenvalue weighted by molar-refractivity contribution is 5.79. The van der Waals surface area contributed by atoms with E-state index in [2.05, 4.69) is 20.9 Å². The number of carbonyl (C=O) groups is 1. The third kappa shape index (κ3) is 9.02. The predicted octanol–water partition coefficient (Wildman–Crippen LogP) is 1.83. The van der Waals surface area contributed by atoms with Crippen LogP contribution >= 0.6 is 0 Å². The van der Waals surface area contributed by atoms with Crippen LogP contribution in [0.2, 0.25) is 0 Å². The summed E-state index contributed by atoms with van der Waals surface area (Å²) < 4.78 is 47.2. The molecule has 0 atom stereocenters. The Balaban J connectivity index is 2.58. The van der Waals surface area contributed by atoms with Gasteiger partial charge in [-0.1, -0.05) is 6.07 Å². The van der Waals surface area contributed by atoms with E-state index in [1.54, 1.807) is 18.2 Å². The first-order valence-electron chi connectivity index (χ1n) is 8.36. The van der Waals surface area contributed by atoms with Crippen LogP contribution in [0.15, 0.2) is 23.2 Å². The van der Waals surface area contributed by atoms with Crippen molar-refractivity contribution in [2.24, 2.45) is 4.99 Å². The lowest BCUT2D eigenvalue weighted by atomic mass is 10.2. The van der Waals surface area contributed by atoms with Crippen LogP contribution < -0.4 is 25.4 Å². The molecule has 0 spiro atoms. The van der Waals surface area contributed by atoms with Gasteiger partial charge in [-0.15, -0.1) is 0 Å². The van der Waals surface area contributed by atoms with E-state index in [0.717, 1.165) is 5.56 Å². The third-order valence-electron chi connectivity index (χ3n) is 3.35. The standard InChI is InChI=1S/C17H25F3N4O3/c1-4-22-15(25)11-27-13-6-5-12(9-14(13)26-3)10-24-16(21-2)23-8-7-17(18,19)20/h5-6,9H,4,7-8,10-11H2,1-3H3,(H,22,25)(H2,21,23,24). The van der Waals surface area contributed by atoms with E-state index in [1.807, 2.05) is 6.92 Å². The second-order valence-electron chi connectivity index (χ2n) is 5.45. The molecular weight excluding hydrogens is 365 g/mol. The number of hydrogen-bond donors (Lipinski definition) is 3. The van der Waals surface area contributed by atoms with Crippen LogP contribution in [0.5, 0.6) is 11.5 Å². The van der Waals surface area contributed by atoms with Crippen molar-refractivity contribution < 1.29 is 27.4 Å². The number of alkyl halides is 3. The van der Waals surface area contributed by atoms with E-state index >= 15 is 0 Å². The Labute approximate surface area is 156 Å². The van der Waals surface area contributed by atoms with Crippen LogP contribution in [-0.2, 0) is 11.3 Å². The molecule has 3 N–H and O–H groups in total. The molecule has 27 heavy (non-hydrogen) atoms. The highest BCUT2D eigenvalue weighted by atomic mass is 19.4. The number of halogens is 3. The largest absolute Gasteiger partial charge is 0.493 e. The Morgan fingerprint density at radius 2 is 1.93 bits per heavy atom. The zero-order chi connectivity index (χ0) is 20.3. The van der Waals surface area contributed by atoms with E-state index in [0.29, 0.717) is 24.6 Å². The molecule has 0 radical (unpaired) electrons. The lowest BCUT2D eigenvalue weighted by Crippen LogP contribution is -2.38. The minimum Gasteiger partial charge on any atom is -0.493 e. The SMILES string of the molecule is CCNC(=O)COc1ccc(CNC(=NC)NCCC(F)(F)F)cc1OC. The maximum atomic E-state index is 12.2. The minimum absolute atomic E-state index is 0.127. The summed E-state index contributed by atoms with van der Waals surface area (Å²) in [6.45, 7) is 2.25. The summed E-state index contributed by atoms with van der Waals surface area (Å²) in [7, 11) is 2.95. The van der Waals surface area contributed by atoms with Gasteiger partial charge in [0.1, 0.15) is 0 Å². The number of guanidine groups is 1. The van der Waals surface area contributed by atoms with Gasteiger partial charge >= 0.3 is 6.18 Å². The summed E-state index contributed by atoms with van der Waals surface area (Å²) in [5.74, 6) is 0.882. The monoisotopic (exact) mass is 390 g/mol. The van der Waals surface area contributed by atoms with Crippen molar-refractivity contribution in [1.29, 1.82) is 0 Å². The number of carbonyl (C=O) groups excluding carboxylic acids is 1. The first kappa shape index (κ1) is 22.4. The number of rotatable bonds is 9. The molecule has 0 saturated heterocycles. The lowest BCUT2D eigenvalue weighted by Gasteiger charge is -2.15. The fraction of sp³-hybridized carbons (Fsp3) is 0.529. The van der Waals surface area contributed by atoms with E-state index in [4.69, 9.17) is 9.47 Å². The first-order valence-corrected chi connectivity index (χ1v) is 8.36. The van der Waals surface area contributed by atoms with Crippen molar-refractivity contribution in [2.75, 3.05) is 33.9 Å². The molecule has 0 aliphatic heterocycles. The van der Waals surface area contributed by atoms with E-state index in [9.17, 15) is 18.0 Å². The number of nitrogens with zero attached hydrogens (tertiary/aromatic N) is 1. The summed E-state index contributed by atoms with van der Waals surface area (Å²) in [5.41, 5.74) is 0.802. The van der Waals surface area contributed by atoms with Crippen molar-refractivity contribution in [3.8, 4) is 11.5 Å². The zero-order valence-electron chi connectivity index (χ0n) is 15.6. The molecule has 1 aromatic carbocycles. The third-order valence-corrected chi connectivity index (χ3v) is 3.35. The smallest absolute Gasteiger partial charge is 0.390 e. The number of hydrogen-bond acceptors (Lipinski definition) is 4. The summed E-state index contributed by atoms with van der Waals surface area (Å²) in [6.07, 6.45) is -5.16. The van der Waals surface area contributed by atoms with Gasteiger partial charge in [-0.2, -0.15) is 13.2 Å². The maximum absolute atomic E-state index is 12.2. The van der Waals surface area contributed by atoms with Gasteiger partial charge in [0.05, 0.1) is 13.5 Å². The molecule has 0 aliphatic rings. The van der Waals surface area contributed by atoms with E-state index in [-0.39, 0.29) is 25.0 Å². The van der Waals surface area contributed by atoms with Crippen molar-refractivity contribution in [2.45, 2.75) is 26.1 Å². The second kappa shape index (κ2) is 11.1. The first-order chi connectivity index (χ1) is 12.8. The summed E-state index contributed by atoms with van der Waals surface area (Å²) in [6, 6.07) is 5.13. The number of benzene rings is 1. The Bertz CT molecular complexity index is 636. The number of aliphatic imine (C=N–C) groups is 1. The van der Waals surface area contributed by atoms with Crippen LogP contribution in [0.25, 0.3) is 0 Å². The highest BCUT2D eigenvalue weighted by Gasteiger charge is 2.26. The Hall–Kier alpha value is -2.65. The number of likely N-dealkylation sites (N-methyl/N-ethyl adjacent to an activating group) is 1. The lowest BCUT2D eigenvalue weighted by molar-refractivity contribution is -0.132. The van der Waals surface area contributed by atoms with E-state index in [1.165, 1.54) is 14.2 Å². The fourth-order valence-electron chi connectivity index (χ4n) is 2.06.